The Morgan fingerprint density at radius 1 is 1.05 bits per heavy atom. The zero-order valence-electron chi connectivity index (χ0n) is 11.6. The third-order valence-corrected chi connectivity index (χ3v) is 3.74. The summed E-state index contributed by atoms with van der Waals surface area (Å²) in [5.74, 6) is 0. The number of halogens is 3. The van der Waals surface area contributed by atoms with Crippen LogP contribution in [0.1, 0.15) is 5.56 Å². The first-order chi connectivity index (χ1) is 10.4. The van der Waals surface area contributed by atoms with Crippen molar-refractivity contribution in [2.24, 2.45) is 0 Å². The Morgan fingerprint density at radius 2 is 1.77 bits per heavy atom. The van der Waals surface area contributed by atoms with E-state index in [1.807, 2.05) is 24.5 Å². The van der Waals surface area contributed by atoms with Gasteiger partial charge in [0.15, 0.2) is 5.11 Å². The first-order valence-electron chi connectivity index (χ1n) is 6.28. The predicted octanol–water partition coefficient (Wildman–Crippen LogP) is 5.24. The van der Waals surface area contributed by atoms with Gasteiger partial charge in [0.05, 0.1) is 11.3 Å². The van der Waals surface area contributed by atoms with Crippen molar-refractivity contribution in [3.8, 4) is 0 Å². The van der Waals surface area contributed by atoms with Crippen LogP contribution in [-0.4, -0.2) is 11.4 Å². The van der Waals surface area contributed by atoms with Gasteiger partial charge < -0.3 is 10.6 Å². The van der Waals surface area contributed by atoms with Gasteiger partial charge in [-0.2, -0.15) is 13.2 Å². The molecule has 0 heterocycles. The monoisotopic (exact) mass is 342 g/mol. The van der Waals surface area contributed by atoms with E-state index >= 15 is 0 Å². The number of nitrogens with one attached hydrogen (secondary N) is 2. The van der Waals surface area contributed by atoms with Gasteiger partial charge in [-0.3, -0.25) is 0 Å². The molecule has 2 N–H and O–H groups in total. The molecule has 0 atom stereocenters. The minimum atomic E-state index is -4.43. The Hall–Kier alpha value is -1.73. The molecule has 0 aliphatic rings. The van der Waals surface area contributed by atoms with E-state index in [1.54, 1.807) is 17.8 Å². The van der Waals surface area contributed by atoms with Crippen molar-refractivity contribution in [1.29, 1.82) is 0 Å². The molecule has 2 rings (SSSR count). The van der Waals surface area contributed by atoms with Gasteiger partial charge in [0.25, 0.3) is 0 Å². The first-order valence-corrected chi connectivity index (χ1v) is 7.92. The molecule has 2 aromatic rings. The van der Waals surface area contributed by atoms with E-state index < -0.39 is 11.7 Å². The summed E-state index contributed by atoms with van der Waals surface area (Å²) in [5.41, 5.74) is -0.112. The molecule has 0 unspecified atom stereocenters. The minimum absolute atomic E-state index is 0.0754. The van der Waals surface area contributed by atoms with Crippen LogP contribution in [0.25, 0.3) is 0 Å². The predicted molar refractivity (Wildman–Crippen MR) is 89.5 cm³/mol. The van der Waals surface area contributed by atoms with Crippen LogP contribution in [-0.2, 0) is 6.18 Å². The van der Waals surface area contributed by atoms with Crippen LogP contribution in [0.4, 0.5) is 24.5 Å². The Kier molecular flexibility index (Phi) is 5.31. The lowest BCUT2D eigenvalue weighted by Crippen LogP contribution is -2.21. The number of alkyl halides is 3. The second-order valence-electron chi connectivity index (χ2n) is 4.35. The molecule has 116 valence electrons. The van der Waals surface area contributed by atoms with Gasteiger partial charge in [-0.1, -0.05) is 18.2 Å². The summed E-state index contributed by atoms with van der Waals surface area (Å²) >= 11 is 6.65. The van der Waals surface area contributed by atoms with Gasteiger partial charge in [0.2, 0.25) is 0 Å². The zero-order valence-corrected chi connectivity index (χ0v) is 13.2. The van der Waals surface area contributed by atoms with Crippen molar-refractivity contribution in [1.82, 2.24) is 0 Å². The maximum Gasteiger partial charge on any atom is 0.418 e. The van der Waals surface area contributed by atoms with E-state index in [1.165, 1.54) is 18.2 Å². The summed E-state index contributed by atoms with van der Waals surface area (Å²) in [6, 6.07) is 12.7. The van der Waals surface area contributed by atoms with E-state index in [9.17, 15) is 13.2 Å². The van der Waals surface area contributed by atoms with Gasteiger partial charge in [0, 0.05) is 10.6 Å². The summed E-state index contributed by atoms with van der Waals surface area (Å²) in [6.07, 6.45) is -2.49. The lowest BCUT2D eigenvalue weighted by atomic mass is 10.1. The largest absolute Gasteiger partial charge is 0.418 e. The van der Waals surface area contributed by atoms with Gasteiger partial charge in [-0.05, 0) is 48.8 Å². The molecule has 0 amide bonds. The van der Waals surface area contributed by atoms with Crippen molar-refractivity contribution in [3.05, 3.63) is 54.1 Å². The molecule has 0 aromatic heterocycles. The fourth-order valence-electron chi connectivity index (χ4n) is 1.82. The summed E-state index contributed by atoms with van der Waals surface area (Å²) < 4.78 is 38.8. The average Bonchev–Trinajstić information content (AvgIpc) is 2.46. The molecule has 0 saturated heterocycles. The Labute approximate surface area is 136 Å². The van der Waals surface area contributed by atoms with Crippen LogP contribution in [0.5, 0.6) is 0 Å². The summed E-state index contributed by atoms with van der Waals surface area (Å²) in [6.45, 7) is 0. The van der Waals surface area contributed by atoms with Crippen LogP contribution in [0.2, 0.25) is 0 Å². The Morgan fingerprint density at radius 3 is 2.45 bits per heavy atom. The quantitative estimate of drug-likeness (QED) is 0.589. The maximum absolute atomic E-state index is 12.9. The normalized spacial score (nSPS) is 11.1. The molecular weight excluding hydrogens is 329 g/mol. The van der Waals surface area contributed by atoms with Crippen molar-refractivity contribution in [2.45, 2.75) is 11.1 Å². The fourth-order valence-corrected chi connectivity index (χ4v) is 2.51. The standard InChI is InChI=1S/C15H13F3N2S2/c1-22-11-6-4-5-10(9-11)19-14(21)20-13-8-3-2-7-12(13)15(16,17)18/h2-9H,1H3,(H2,19,20,21). The second kappa shape index (κ2) is 7.02. The Balaban J connectivity index is 2.13. The zero-order chi connectivity index (χ0) is 16.2. The molecule has 2 aromatic carbocycles. The molecule has 0 fully saturated rings. The number of hydrogen-bond acceptors (Lipinski definition) is 2. The molecule has 0 aliphatic carbocycles. The maximum atomic E-state index is 12.9. The molecule has 0 bridgehead atoms. The summed E-state index contributed by atoms with van der Waals surface area (Å²) in [5, 5.41) is 5.59. The van der Waals surface area contributed by atoms with E-state index in [2.05, 4.69) is 10.6 Å². The highest BCUT2D eigenvalue weighted by Crippen LogP contribution is 2.34. The van der Waals surface area contributed by atoms with E-state index in [4.69, 9.17) is 12.2 Å². The molecule has 7 heteroatoms. The van der Waals surface area contributed by atoms with Crippen LogP contribution < -0.4 is 10.6 Å². The second-order valence-corrected chi connectivity index (χ2v) is 5.64. The van der Waals surface area contributed by atoms with Crippen LogP contribution in [0.15, 0.2) is 53.4 Å². The number of anilines is 2. The van der Waals surface area contributed by atoms with Crippen LogP contribution in [0, 0.1) is 0 Å². The number of thioether (sulfide) groups is 1. The molecule has 0 radical (unpaired) electrons. The van der Waals surface area contributed by atoms with Gasteiger partial charge in [-0.15, -0.1) is 11.8 Å². The highest BCUT2D eigenvalue weighted by Gasteiger charge is 2.33. The number of hydrogen-bond donors (Lipinski definition) is 2. The van der Waals surface area contributed by atoms with Crippen molar-refractivity contribution in [2.75, 3.05) is 16.9 Å². The highest BCUT2D eigenvalue weighted by molar-refractivity contribution is 7.98. The lowest BCUT2D eigenvalue weighted by molar-refractivity contribution is -0.136. The lowest BCUT2D eigenvalue weighted by Gasteiger charge is -2.16. The fraction of sp³-hybridized carbons (Fsp3) is 0.133. The topological polar surface area (TPSA) is 24.1 Å². The molecular formula is C15H13F3N2S2. The molecule has 0 spiro atoms. The van der Waals surface area contributed by atoms with Gasteiger partial charge >= 0.3 is 6.18 Å². The average molecular weight is 342 g/mol. The smallest absolute Gasteiger partial charge is 0.332 e. The minimum Gasteiger partial charge on any atom is -0.332 e. The molecule has 22 heavy (non-hydrogen) atoms. The third-order valence-electron chi connectivity index (χ3n) is 2.81. The highest BCUT2D eigenvalue weighted by atomic mass is 32.2. The first kappa shape index (κ1) is 16.6. The van der Waals surface area contributed by atoms with Crippen LogP contribution >= 0.6 is 24.0 Å². The number of thiocarbonyl (C=S) groups is 1. The number of rotatable bonds is 3. The Bertz CT molecular complexity index is 672. The van der Waals surface area contributed by atoms with Crippen molar-refractivity contribution < 1.29 is 13.2 Å². The number of para-hydroxylation sites is 1. The molecule has 2 nitrogen and oxygen atoms in total. The number of benzene rings is 2. The molecule has 0 aliphatic heterocycles. The SMILES string of the molecule is CSc1cccc(NC(=S)Nc2ccccc2C(F)(F)F)c1. The van der Waals surface area contributed by atoms with E-state index in [-0.39, 0.29) is 10.8 Å². The van der Waals surface area contributed by atoms with E-state index in [0.717, 1.165) is 11.0 Å². The van der Waals surface area contributed by atoms with Crippen molar-refractivity contribution in [3.63, 3.8) is 0 Å². The van der Waals surface area contributed by atoms with Gasteiger partial charge in [0.1, 0.15) is 0 Å². The van der Waals surface area contributed by atoms with E-state index in [0.29, 0.717) is 5.69 Å². The van der Waals surface area contributed by atoms with Crippen molar-refractivity contribution >= 4 is 40.5 Å². The summed E-state index contributed by atoms with van der Waals surface area (Å²) in [7, 11) is 0. The third kappa shape index (κ3) is 4.38. The van der Waals surface area contributed by atoms with Crippen LogP contribution in [0.3, 0.4) is 0 Å². The summed E-state index contributed by atoms with van der Waals surface area (Å²) in [4.78, 5) is 1.03. The van der Waals surface area contributed by atoms with Gasteiger partial charge in [-0.25, -0.2) is 0 Å². The molecule has 0 saturated carbocycles.